The van der Waals surface area contributed by atoms with E-state index in [9.17, 15) is 48.2 Å². The first kappa shape index (κ1) is 31.6. The predicted octanol–water partition coefficient (Wildman–Crippen LogP) is 0.0201. The van der Waals surface area contributed by atoms with E-state index in [2.05, 4.69) is 9.05 Å². The normalized spacial score (nSPS) is 27.7. The first-order valence-corrected chi connectivity index (χ1v) is 13.6. The Morgan fingerprint density at radius 2 is 0.800 bits per heavy atom. The quantitative estimate of drug-likeness (QED) is 0.137. The summed E-state index contributed by atoms with van der Waals surface area (Å²) in [5, 5.41) is 10.8. The molecule has 0 bridgehead atoms. The summed E-state index contributed by atoms with van der Waals surface area (Å²) in [7, 11) is -10.9. The molecule has 6 atom stereocenters. The molecule has 15 nitrogen and oxygen atoms in total. The molecule has 1 fully saturated rings. The van der Waals surface area contributed by atoms with E-state index in [0.717, 1.165) is 0 Å². The number of hydrogen-bond acceptors (Lipinski definition) is 11. The maximum absolute atomic E-state index is 12.5. The van der Waals surface area contributed by atoms with Gasteiger partial charge in [0.05, 0.1) is 17.8 Å². The van der Waals surface area contributed by atoms with Crippen molar-refractivity contribution in [2.75, 3.05) is 0 Å². The van der Waals surface area contributed by atoms with Crippen molar-refractivity contribution in [3.05, 3.63) is 0 Å². The van der Waals surface area contributed by atoms with E-state index in [1.54, 1.807) is 0 Å². The third-order valence-corrected chi connectivity index (χ3v) is 5.69. The summed E-state index contributed by atoms with van der Waals surface area (Å²) in [6.45, 7) is 8.46. The Kier molecular flexibility index (Phi) is 11.0. The van der Waals surface area contributed by atoms with E-state index in [1.165, 1.54) is 41.5 Å². The van der Waals surface area contributed by atoms with E-state index in [0.29, 0.717) is 0 Å². The zero-order valence-corrected chi connectivity index (χ0v) is 21.7. The van der Waals surface area contributed by atoms with E-state index >= 15 is 0 Å². The largest absolute Gasteiger partial charge is 0.470 e. The molecule has 1 aliphatic carbocycles. The van der Waals surface area contributed by atoms with E-state index < -0.39 is 87.9 Å². The Balaban J connectivity index is 3.76. The third kappa shape index (κ3) is 9.52. The second-order valence-electron chi connectivity index (χ2n) is 8.78. The first-order chi connectivity index (χ1) is 15.7. The van der Waals surface area contributed by atoms with Gasteiger partial charge in [0.25, 0.3) is 0 Å². The Morgan fingerprint density at radius 3 is 1.00 bits per heavy atom. The highest BCUT2D eigenvalue weighted by Crippen LogP contribution is 2.47. The third-order valence-electron chi connectivity index (χ3n) is 4.66. The van der Waals surface area contributed by atoms with Gasteiger partial charge in [0, 0.05) is 0 Å². The average molecular weight is 550 g/mol. The minimum absolute atomic E-state index is 0.813. The number of carbonyl (C=O) groups excluding carboxylic acids is 3. The molecular formula is C18H32O15P2. The summed E-state index contributed by atoms with van der Waals surface area (Å²) in [6.07, 6.45) is -12.7. The van der Waals surface area contributed by atoms with Crippen molar-refractivity contribution in [3.8, 4) is 0 Å². The summed E-state index contributed by atoms with van der Waals surface area (Å²) >= 11 is 0. The number of phosphoric ester groups is 2. The van der Waals surface area contributed by atoms with Gasteiger partial charge in [0.2, 0.25) is 0 Å². The first-order valence-electron chi connectivity index (χ1n) is 10.5. The molecule has 0 aromatic heterocycles. The van der Waals surface area contributed by atoms with Gasteiger partial charge in [0.15, 0.2) is 18.3 Å². The lowest BCUT2D eigenvalue weighted by Crippen LogP contribution is -2.67. The molecule has 0 spiro atoms. The van der Waals surface area contributed by atoms with Crippen molar-refractivity contribution in [2.24, 2.45) is 17.8 Å². The molecule has 0 amide bonds. The van der Waals surface area contributed by atoms with Crippen LogP contribution in [0.4, 0.5) is 0 Å². The Hall–Kier alpha value is -1.41. The second-order valence-corrected chi connectivity index (χ2v) is 11.2. The van der Waals surface area contributed by atoms with Crippen molar-refractivity contribution in [3.63, 3.8) is 0 Å². The van der Waals surface area contributed by atoms with Gasteiger partial charge >= 0.3 is 33.6 Å². The highest BCUT2D eigenvalue weighted by atomic mass is 31.2. The number of ether oxygens (including phenoxy) is 3. The fourth-order valence-electron chi connectivity index (χ4n) is 2.91. The number of carbonyl (C=O) groups is 3. The van der Waals surface area contributed by atoms with Gasteiger partial charge in [-0.3, -0.25) is 23.4 Å². The molecule has 1 saturated carbocycles. The minimum atomic E-state index is -5.45. The van der Waals surface area contributed by atoms with Crippen molar-refractivity contribution in [1.29, 1.82) is 0 Å². The summed E-state index contributed by atoms with van der Waals surface area (Å²) in [5.41, 5.74) is 0. The standard InChI is InChI=1S/C18H32O15P2/c1-7(2)16(20)29-13-11(32-34(23,24)25)10(19)12(33-35(26,27)28)14(30-17(21)8(3)4)15(13)31-18(22)9(5)6/h7-15,19H,1-6H3,(H2,23,24,25)(H2,26,27,28)/t10?,11-,12-,13-,14+,15?/m1/s1. The van der Waals surface area contributed by atoms with Crippen LogP contribution in [0.25, 0.3) is 0 Å². The molecule has 0 saturated heterocycles. The number of aliphatic hydroxyl groups is 1. The van der Waals surface area contributed by atoms with Gasteiger partial charge in [-0.05, 0) is 0 Å². The van der Waals surface area contributed by atoms with Crippen LogP contribution in [-0.2, 0) is 46.8 Å². The summed E-state index contributed by atoms with van der Waals surface area (Å²) in [6, 6.07) is 0. The predicted molar refractivity (Wildman–Crippen MR) is 114 cm³/mol. The van der Waals surface area contributed by atoms with Gasteiger partial charge in [0.1, 0.15) is 18.3 Å². The van der Waals surface area contributed by atoms with Crippen molar-refractivity contribution >= 4 is 33.6 Å². The number of phosphoric acid groups is 2. The second kappa shape index (κ2) is 12.2. The Morgan fingerprint density at radius 1 is 0.571 bits per heavy atom. The van der Waals surface area contributed by atoms with Crippen molar-refractivity contribution < 1.29 is 71.5 Å². The highest BCUT2D eigenvalue weighted by molar-refractivity contribution is 7.46. The Labute approximate surface area is 201 Å². The molecule has 2 unspecified atom stereocenters. The molecule has 0 radical (unpaired) electrons. The van der Waals surface area contributed by atoms with Crippen LogP contribution in [-0.4, -0.2) is 79.2 Å². The Bertz CT molecular complexity index is 802. The topological polar surface area (TPSA) is 233 Å². The van der Waals surface area contributed by atoms with Crippen LogP contribution in [0.1, 0.15) is 41.5 Å². The van der Waals surface area contributed by atoms with Gasteiger partial charge in [-0.25, -0.2) is 9.13 Å². The summed E-state index contributed by atoms with van der Waals surface area (Å²) in [4.78, 5) is 74.7. The maximum atomic E-state index is 12.5. The average Bonchev–Trinajstić information content (AvgIpc) is 2.67. The van der Waals surface area contributed by atoms with E-state index in [1.807, 2.05) is 0 Å². The van der Waals surface area contributed by atoms with Crippen LogP contribution in [0.3, 0.4) is 0 Å². The number of rotatable bonds is 10. The van der Waals surface area contributed by atoms with E-state index in [-0.39, 0.29) is 0 Å². The monoisotopic (exact) mass is 550 g/mol. The lowest BCUT2D eigenvalue weighted by molar-refractivity contribution is -0.245. The van der Waals surface area contributed by atoms with Gasteiger partial charge in [-0.2, -0.15) is 0 Å². The molecule has 0 aliphatic heterocycles. The highest BCUT2D eigenvalue weighted by Gasteiger charge is 2.60. The van der Waals surface area contributed by atoms with Crippen molar-refractivity contribution in [1.82, 2.24) is 0 Å². The summed E-state index contributed by atoms with van der Waals surface area (Å²) in [5.74, 6) is -5.36. The lowest BCUT2D eigenvalue weighted by Gasteiger charge is -2.46. The van der Waals surface area contributed by atoms with Crippen LogP contribution in [0.15, 0.2) is 0 Å². The molecule has 17 heteroatoms. The van der Waals surface area contributed by atoms with Gasteiger partial charge < -0.3 is 38.9 Å². The fraction of sp³-hybridized carbons (Fsp3) is 0.833. The SMILES string of the molecule is CC(C)C(=O)OC1[C@@H](OC(=O)C(C)C)[C@H](OP(=O)(O)O)C(O)[C@@H](OP(=O)(O)O)[C@H]1OC(=O)C(C)C. The van der Waals surface area contributed by atoms with Gasteiger partial charge in [-0.15, -0.1) is 0 Å². The molecule has 35 heavy (non-hydrogen) atoms. The molecule has 0 heterocycles. The van der Waals surface area contributed by atoms with Crippen LogP contribution in [0.2, 0.25) is 0 Å². The molecule has 0 aromatic rings. The molecule has 5 N–H and O–H groups in total. The van der Waals surface area contributed by atoms with Crippen LogP contribution in [0.5, 0.6) is 0 Å². The number of aliphatic hydroxyl groups excluding tert-OH is 1. The van der Waals surface area contributed by atoms with Crippen molar-refractivity contribution in [2.45, 2.75) is 78.2 Å². The zero-order chi connectivity index (χ0) is 27.5. The smallest absolute Gasteiger partial charge is 0.455 e. The van der Waals surface area contributed by atoms with E-state index in [4.69, 9.17) is 14.2 Å². The number of esters is 3. The number of hydrogen-bond donors (Lipinski definition) is 5. The maximum Gasteiger partial charge on any atom is 0.470 e. The molecule has 0 aromatic carbocycles. The van der Waals surface area contributed by atoms with Crippen LogP contribution < -0.4 is 0 Å². The lowest BCUT2D eigenvalue weighted by atomic mass is 9.84. The molecule has 204 valence electrons. The minimum Gasteiger partial charge on any atom is -0.455 e. The van der Waals surface area contributed by atoms with Crippen LogP contribution in [0, 0.1) is 17.8 Å². The fourth-order valence-corrected chi connectivity index (χ4v) is 4.03. The molecule has 1 rings (SSSR count). The molecule has 1 aliphatic rings. The molecular weight excluding hydrogens is 518 g/mol. The van der Waals surface area contributed by atoms with Crippen LogP contribution >= 0.6 is 15.6 Å². The van der Waals surface area contributed by atoms with Gasteiger partial charge in [-0.1, -0.05) is 41.5 Å². The zero-order valence-electron chi connectivity index (χ0n) is 19.9. The summed E-state index contributed by atoms with van der Waals surface area (Å²) < 4.78 is 48.2.